The van der Waals surface area contributed by atoms with Crippen molar-refractivity contribution in [3.63, 3.8) is 0 Å². The summed E-state index contributed by atoms with van der Waals surface area (Å²) in [4.78, 5) is 25.4. The number of aromatic nitrogens is 1. The van der Waals surface area contributed by atoms with Gasteiger partial charge in [-0.2, -0.15) is 5.26 Å². The zero-order valence-electron chi connectivity index (χ0n) is 13.0. The van der Waals surface area contributed by atoms with Crippen LogP contribution in [0.25, 0.3) is 11.1 Å². The summed E-state index contributed by atoms with van der Waals surface area (Å²) in [6.45, 7) is 1.36. The predicted molar refractivity (Wildman–Crippen MR) is 88.2 cm³/mol. The molecule has 0 fully saturated rings. The van der Waals surface area contributed by atoms with Gasteiger partial charge in [-0.05, 0) is 19.1 Å². The quantitative estimate of drug-likeness (QED) is 0.854. The number of nitrogens with zero attached hydrogens (tertiary/aromatic N) is 1. The number of amides is 1. The first-order valence-corrected chi connectivity index (χ1v) is 7.18. The number of nitrogens with two attached hydrogens (primary N) is 1. The van der Waals surface area contributed by atoms with E-state index in [1.807, 2.05) is 6.07 Å². The van der Waals surface area contributed by atoms with E-state index in [0.717, 1.165) is 0 Å². The number of halogens is 1. The number of carbonyl (C=O) groups is 1. The maximum atomic E-state index is 11.9. The molecule has 0 saturated heterocycles. The molecule has 2 rings (SSSR count). The highest BCUT2D eigenvalue weighted by Crippen LogP contribution is 2.39. The van der Waals surface area contributed by atoms with E-state index in [2.05, 4.69) is 4.98 Å². The topological polar surface area (TPSA) is 118 Å². The number of carbonyl (C=O) groups excluding carboxylic acids is 1. The third kappa shape index (κ3) is 3.50. The molecule has 1 amide bonds. The summed E-state index contributed by atoms with van der Waals surface area (Å²) in [5.41, 5.74) is 5.88. The van der Waals surface area contributed by atoms with Gasteiger partial charge in [0.1, 0.15) is 11.6 Å². The molecule has 1 aromatic heterocycles. The lowest BCUT2D eigenvalue weighted by molar-refractivity contribution is -0.119. The van der Waals surface area contributed by atoms with Gasteiger partial charge in [-0.25, -0.2) is 0 Å². The van der Waals surface area contributed by atoms with E-state index in [1.54, 1.807) is 13.0 Å². The Balaban J connectivity index is 2.63. The minimum absolute atomic E-state index is 0.0599. The maximum absolute atomic E-state index is 11.9. The average Bonchev–Trinajstić information content (AvgIpc) is 2.52. The highest BCUT2D eigenvalue weighted by Gasteiger charge is 2.17. The molecule has 7 nitrogen and oxygen atoms in total. The number of nitrogens with one attached hydrogen (secondary N) is 1. The Morgan fingerprint density at radius 3 is 2.62 bits per heavy atom. The fourth-order valence-corrected chi connectivity index (χ4v) is 2.43. The second kappa shape index (κ2) is 7.06. The minimum Gasteiger partial charge on any atom is -0.493 e. The predicted octanol–water partition coefficient (Wildman–Crippen LogP) is 1.75. The summed E-state index contributed by atoms with van der Waals surface area (Å²) in [6.07, 6.45) is 0. The van der Waals surface area contributed by atoms with E-state index in [1.165, 1.54) is 19.2 Å². The Labute approximate surface area is 142 Å². The summed E-state index contributed by atoms with van der Waals surface area (Å²) < 4.78 is 10.5. The molecule has 0 saturated carbocycles. The van der Waals surface area contributed by atoms with Crippen LogP contribution in [0, 0.1) is 18.3 Å². The van der Waals surface area contributed by atoms with Gasteiger partial charge in [-0.15, -0.1) is 0 Å². The molecule has 0 bridgehead atoms. The van der Waals surface area contributed by atoms with Crippen LogP contribution in [-0.4, -0.2) is 24.6 Å². The Morgan fingerprint density at radius 1 is 1.33 bits per heavy atom. The molecule has 0 aliphatic heterocycles. The SMILES string of the molecule is COc1cc(-c2cc(C)[nH]c(=O)c2C#N)c(Cl)cc1OCC(N)=O. The van der Waals surface area contributed by atoms with Crippen molar-refractivity contribution in [1.29, 1.82) is 5.26 Å². The van der Waals surface area contributed by atoms with Gasteiger partial charge in [-0.3, -0.25) is 9.59 Å². The van der Waals surface area contributed by atoms with Crippen LogP contribution in [-0.2, 0) is 4.79 Å². The molecule has 0 spiro atoms. The zero-order chi connectivity index (χ0) is 17.9. The number of methoxy groups -OCH3 is 1. The van der Waals surface area contributed by atoms with Crippen LogP contribution in [0.3, 0.4) is 0 Å². The Morgan fingerprint density at radius 2 is 2.04 bits per heavy atom. The second-order valence-electron chi connectivity index (χ2n) is 4.92. The van der Waals surface area contributed by atoms with E-state index in [0.29, 0.717) is 16.8 Å². The third-order valence-electron chi connectivity index (χ3n) is 3.19. The Kier molecular flexibility index (Phi) is 5.11. The molecule has 0 radical (unpaired) electrons. The first-order valence-electron chi connectivity index (χ1n) is 6.80. The smallest absolute Gasteiger partial charge is 0.266 e. The molecular weight excluding hydrogens is 334 g/mol. The molecule has 124 valence electrons. The molecule has 0 atom stereocenters. The number of pyridine rings is 1. The number of aryl methyl sites for hydroxylation is 1. The largest absolute Gasteiger partial charge is 0.493 e. The maximum Gasteiger partial charge on any atom is 0.266 e. The van der Waals surface area contributed by atoms with Gasteiger partial charge >= 0.3 is 0 Å². The van der Waals surface area contributed by atoms with Crippen LogP contribution in [0.4, 0.5) is 0 Å². The lowest BCUT2D eigenvalue weighted by Gasteiger charge is -2.14. The number of hydrogen-bond acceptors (Lipinski definition) is 5. The van der Waals surface area contributed by atoms with Gasteiger partial charge in [0.15, 0.2) is 18.1 Å². The lowest BCUT2D eigenvalue weighted by atomic mass is 10.0. The number of aromatic amines is 1. The molecule has 3 N–H and O–H groups in total. The van der Waals surface area contributed by atoms with Gasteiger partial charge < -0.3 is 20.2 Å². The summed E-state index contributed by atoms with van der Waals surface area (Å²) in [6, 6.07) is 6.49. The number of nitriles is 1. The standard InChI is InChI=1S/C16H14ClN3O4/c1-8-3-9(11(6-18)16(22)20-8)10-4-13(23-2)14(5-12(10)17)24-7-15(19)21/h3-5H,7H2,1-2H3,(H2,19,21)(H,20,22). The van der Waals surface area contributed by atoms with Crippen molar-refractivity contribution in [2.24, 2.45) is 5.73 Å². The van der Waals surface area contributed by atoms with E-state index in [4.69, 9.17) is 26.8 Å². The van der Waals surface area contributed by atoms with E-state index < -0.39 is 11.5 Å². The van der Waals surface area contributed by atoms with Gasteiger partial charge in [0.05, 0.1) is 12.1 Å². The number of ether oxygens (including phenoxy) is 2. The molecule has 2 aromatic rings. The monoisotopic (exact) mass is 347 g/mol. The molecule has 8 heteroatoms. The first kappa shape index (κ1) is 17.4. The molecule has 0 aliphatic rings. The van der Waals surface area contributed by atoms with Crippen molar-refractivity contribution >= 4 is 17.5 Å². The molecule has 1 aromatic carbocycles. The van der Waals surface area contributed by atoms with Crippen molar-refractivity contribution in [3.05, 3.63) is 44.8 Å². The normalized spacial score (nSPS) is 10.1. The van der Waals surface area contributed by atoms with Crippen LogP contribution < -0.4 is 20.8 Å². The van der Waals surface area contributed by atoms with E-state index in [-0.39, 0.29) is 28.7 Å². The highest BCUT2D eigenvalue weighted by molar-refractivity contribution is 6.33. The van der Waals surface area contributed by atoms with Gasteiger partial charge in [0, 0.05) is 22.9 Å². The van der Waals surface area contributed by atoms with Crippen LogP contribution in [0.1, 0.15) is 11.3 Å². The fourth-order valence-electron chi connectivity index (χ4n) is 2.17. The number of hydrogen-bond donors (Lipinski definition) is 2. The highest BCUT2D eigenvalue weighted by atomic mass is 35.5. The minimum atomic E-state index is -0.644. The molecule has 1 heterocycles. The summed E-state index contributed by atoms with van der Waals surface area (Å²) in [5.74, 6) is -0.128. The molecule has 24 heavy (non-hydrogen) atoms. The van der Waals surface area contributed by atoms with Crippen molar-refractivity contribution < 1.29 is 14.3 Å². The van der Waals surface area contributed by atoms with Crippen LogP contribution in [0.2, 0.25) is 5.02 Å². The van der Waals surface area contributed by atoms with Crippen molar-refractivity contribution in [1.82, 2.24) is 4.98 Å². The summed E-state index contributed by atoms with van der Waals surface area (Å²) >= 11 is 6.27. The fraction of sp³-hybridized carbons (Fsp3) is 0.188. The molecular formula is C16H14ClN3O4. The number of H-pyrrole nitrogens is 1. The van der Waals surface area contributed by atoms with Crippen LogP contribution >= 0.6 is 11.6 Å². The number of primary amides is 1. The lowest BCUT2D eigenvalue weighted by Crippen LogP contribution is -2.20. The van der Waals surface area contributed by atoms with Crippen LogP contribution in [0.5, 0.6) is 11.5 Å². The van der Waals surface area contributed by atoms with Gasteiger partial charge in [-0.1, -0.05) is 11.6 Å². The number of rotatable bonds is 5. The second-order valence-corrected chi connectivity index (χ2v) is 5.33. The van der Waals surface area contributed by atoms with Crippen molar-refractivity contribution in [3.8, 4) is 28.7 Å². The zero-order valence-corrected chi connectivity index (χ0v) is 13.7. The summed E-state index contributed by atoms with van der Waals surface area (Å²) in [5, 5.41) is 9.48. The summed E-state index contributed by atoms with van der Waals surface area (Å²) in [7, 11) is 1.42. The van der Waals surface area contributed by atoms with E-state index in [9.17, 15) is 14.9 Å². The first-order chi connectivity index (χ1) is 11.4. The average molecular weight is 348 g/mol. The van der Waals surface area contributed by atoms with Gasteiger partial charge in [0.2, 0.25) is 0 Å². The van der Waals surface area contributed by atoms with E-state index >= 15 is 0 Å². The molecule has 0 aliphatic carbocycles. The third-order valence-corrected chi connectivity index (χ3v) is 3.51. The molecule has 0 unspecified atom stereocenters. The Hall–Kier alpha value is -2.98. The van der Waals surface area contributed by atoms with Crippen LogP contribution in [0.15, 0.2) is 23.0 Å². The van der Waals surface area contributed by atoms with Crippen molar-refractivity contribution in [2.45, 2.75) is 6.92 Å². The Bertz CT molecular complexity index is 899. The number of benzene rings is 1. The van der Waals surface area contributed by atoms with Crippen molar-refractivity contribution in [2.75, 3.05) is 13.7 Å². The van der Waals surface area contributed by atoms with Gasteiger partial charge in [0.25, 0.3) is 11.5 Å².